The largest absolute Gasteiger partial charge is 0.508 e. The van der Waals surface area contributed by atoms with Crippen LogP contribution in [-0.4, -0.2) is 21.8 Å². The second-order valence-corrected chi connectivity index (χ2v) is 6.71. The number of hydrogen-bond donors (Lipinski definition) is 2. The van der Waals surface area contributed by atoms with Gasteiger partial charge in [-0.1, -0.05) is 41.4 Å². The summed E-state index contributed by atoms with van der Waals surface area (Å²) in [6, 6.07) is 14.5. The Morgan fingerprint density at radius 1 is 1.11 bits per heavy atom. The van der Waals surface area contributed by atoms with Crippen molar-refractivity contribution in [2.75, 3.05) is 0 Å². The van der Waals surface area contributed by atoms with Crippen molar-refractivity contribution < 1.29 is 9.90 Å². The van der Waals surface area contributed by atoms with Crippen LogP contribution >= 0.6 is 23.2 Å². The number of hydrazone groups is 1. The van der Waals surface area contributed by atoms with Crippen LogP contribution in [0, 0.1) is 0 Å². The van der Waals surface area contributed by atoms with Gasteiger partial charge < -0.3 is 9.67 Å². The molecule has 2 N–H and O–H groups in total. The summed E-state index contributed by atoms with van der Waals surface area (Å²) >= 11 is 11.9. The molecular formula is C20H15Cl2N3O3. The normalized spacial score (nSPS) is 10.9. The van der Waals surface area contributed by atoms with Gasteiger partial charge in [0, 0.05) is 6.20 Å². The fourth-order valence-electron chi connectivity index (χ4n) is 2.50. The molecule has 1 amide bonds. The van der Waals surface area contributed by atoms with Crippen LogP contribution in [0.2, 0.25) is 10.0 Å². The fourth-order valence-corrected chi connectivity index (χ4v) is 2.82. The van der Waals surface area contributed by atoms with Crippen LogP contribution < -0.4 is 11.0 Å². The SMILES string of the molecule is O=C(N/N=C\c1cccc(O)c1)c1cccn(Cc2ccc(Cl)c(Cl)c2)c1=O. The summed E-state index contributed by atoms with van der Waals surface area (Å²) in [5.74, 6) is -0.548. The summed E-state index contributed by atoms with van der Waals surface area (Å²) in [6.07, 6.45) is 2.95. The molecule has 0 aliphatic carbocycles. The third-order valence-corrected chi connectivity index (χ3v) is 4.59. The molecule has 3 aromatic rings. The number of amides is 1. The quantitative estimate of drug-likeness (QED) is 0.492. The Labute approximate surface area is 170 Å². The van der Waals surface area contributed by atoms with Gasteiger partial charge >= 0.3 is 0 Å². The first-order valence-electron chi connectivity index (χ1n) is 8.20. The minimum atomic E-state index is -0.634. The van der Waals surface area contributed by atoms with Gasteiger partial charge in [0.1, 0.15) is 11.3 Å². The average Bonchev–Trinajstić information content (AvgIpc) is 2.66. The fraction of sp³-hybridized carbons (Fsp3) is 0.0500. The second-order valence-electron chi connectivity index (χ2n) is 5.90. The highest BCUT2D eigenvalue weighted by molar-refractivity contribution is 6.42. The highest BCUT2D eigenvalue weighted by atomic mass is 35.5. The van der Waals surface area contributed by atoms with Crippen LogP contribution in [-0.2, 0) is 6.54 Å². The molecule has 3 rings (SSSR count). The van der Waals surface area contributed by atoms with Gasteiger partial charge in [0.2, 0.25) is 0 Å². The number of benzene rings is 2. The summed E-state index contributed by atoms with van der Waals surface area (Å²) < 4.78 is 1.40. The van der Waals surface area contributed by atoms with Crippen LogP contribution in [0.3, 0.4) is 0 Å². The molecule has 0 spiro atoms. The molecule has 6 nitrogen and oxygen atoms in total. The van der Waals surface area contributed by atoms with E-state index in [0.717, 1.165) is 5.56 Å². The molecule has 28 heavy (non-hydrogen) atoms. The first-order chi connectivity index (χ1) is 13.4. The molecule has 0 saturated carbocycles. The Morgan fingerprint density at radius 2 is 1.93 bits per heavy atom. The summed E-state index contributed by atoms with van der Waals surface area (Å²) in [5.41, 5.74) is 3.18. The molecule has 1 heterocycles. The maximum atomic E-state index is 12.6. The van der Waals surface area contributed by atoms with Crippen LogP contribution in [0.15, 0.2) is 70.7 Å². The number of carbonyl (C=O) groups is 1. The molecule has 8 heteroatoms. The molecule has 0 unspecified atom stereocenters. The van der Waals surface area contributed by atoms with Crippen molar-refractivity contribution in [3.05, 3.63) is 97.9 Å². The van der Waals surface area contributed by atoms with E-state index in [1.54, 1.807) is 42.6 Å². The molecule has 2 aromatic carbocycles. The number of phenolic OH excluding ortho intramolecular Hbond substituents is 1. The average molecular weight is 416 g/mol. The molecule has 0 aliphatic heterocycles. The Bertz CT molecular complexity index is 1110. The predicted octanol–water partition coefficient (Wildman–Crippen LogP) is 3.67. The number of pyridine rings is 1. The Hall–Kier alpha value is -3.09. The van der Waals surface area contributed by atoms with Gasteiger partial charge in [-0.15, -0.1) is 0 Å². The number of aromatic hydroxyl groups is 1. The van der Waals surface area contributed by atoms with E-state index in [9.17, 15) is 14.7 Å². The van der Waals surface area contributed by atoms with Crippen molar-refractivity contribution in [3.8, 4) is 5.75 Å². The Morgan fingerprint density at radius 3 is 2.68 bits per heavy atom. The zero-order valence-electron chi connectivity index (χ0n) is 14.5. The second kappa shape index (κ2) is 8.73. The minimum Gasteiger partial charge on any atom is -0.508 e. The number of nitrogens with zero attached hydrogens (tertiary/aromatic N) is 2. The number of aromatic nitrogens is 1. The van der Waals surface area contributed by atoms with E-state index in [0.29, 0.717) is 15.6 Å². The molecule has 0 aliphatic rings. The van der Waals surface area contributed by atoms with E-state index < -0.39 is 11.5 Å². The van der Waals surface area contributed by atoms with Gasteiger partial charge in [0.15, 0.2) is 0 Å². The van der Waals surface area contributed by atoms with Crippen LogP contribution in [0.5, 0.6) is 5.75 Å². The molecule has 142 valence electrons. The van der Waals surface area contributed by atoms with E-state index in [4.69, 9.17) is 23.2 Å². The number of hydrogen-bond acceptors (Lipinski definition) is 4. The van der Waals surface area contributed by atoms with Crippen molar-refractivity contribution in [1.82, 2.24) is 9.99 Å². The number of nitrogens with one attached hydrogen (secondary N) is 1. The van der Waals surface area contributed by atoms with Crippen molar-refractivity contribution in [2.45, 2.75) is 6.54 Å². The Kier molecular flexibility index (Phi) is 6.13. The molecule has 0 bridgehead atoms. The standard InChI is InChI=1S/C20H15Cl2N3O3/c21-17-7-6-14(10-18(17)22)12-25-8-2-5-16(20(25)28)19(27)24-23-11-13-3-1-4-15(26)9-13/h1-11,26H,12H2,(H,24,27)/b23-11-. The maximum absolute atomic E-state index is 12.6. The van der Waals surface area contributed by atoms with Gasteiger partial charge in [-0.25, -0.2) is 5.43 Å². The first-order valence-corrected chi connectivity index (χ1v) is 8.95. The van der Waals surface area contributed by atoms with Crippen molar-refractivity contribution >= 4 is 35.3 Å². The summed E-state index contributed by atoms with van der Waals surface area (Å²) in [4.78, 5) is 24.9. The molecular weight excluding hydrogens is 401 g/mol. The van der Waals surface area contributed by atoms with Crippen LogP contribution in [0.1, 0.15) is 21.5 Å². The van der Waals surface area contributed by atoms with Crippen LogP contribution in [0.25, 0.3) is 0 Å². The van der Waals surface area contributed by atoms with Gasteiger partial charge in [0.25, 0.3) is 11.5 Å². The van der Waals surface area contributed by atoms with Crippen molar-refractivity contribution in [2.24, 2.45) is 5.10 Å². The number of rotatable bonds is 5. The van der Waals surface area contributed by atoms with Crippen molar-refractivity contribution in [1.29, 1.82) is 0 Å². The zero-order chi connectivity index (χ0) is 20.1. The van der Waals surface area contributed by atoms with Crippen LogP contribution in [0.4, 0.5) is 0 Å². The molecule has 0 radical (unpaired) electrons. The van der Waals surface area contributed by atoms with Gasteiger partial charge in [-0.2, -0.15) is 5.10 Å². The smallest absolute Gasteiger partial charge is 0.276 e. The maximum Gasteiger partial charge on any atom is 0.276 e. The van der Waals surface area contributed by atoms with E-state index in [1.165, 1.54) is 29.0 Å². The van der Waals surface area contributed by atoms with E-state index in [1.807, 2.05) is 0 Å². The van der Waals surface area contributed by atoms with E-state index >= 15 is 0 Å². The topological polar surface area (TPSA) is 83.7 Å². The molecule has 0 atom stereocenters. The number of halogens is 2. The molecule has 0 fully saturated rings. The van der Waals surface area contributed by atoms with Gasteiger partial charge in [-0.05, 0) is 47.5 Å². The third kappa shape index (κ3) is 4.79. The lowest BCUT2D eigenvalue weighted by atomic mass is 10.2. The minimum absolute atomic E-state index is 0.0457. The zero-order valence-corrected chi connectivity index (χ0v) is 16.0. The monoisotopic (exact) mass is 415 g/mol. The highest BCUT2D eigenvalue weighted by Gasteiger charge is 2.12. The summed E-state index contributed by atoms with van der Waals surface area (Å²) in [7, 11) is 0. The molecule has 1 aromatic heterocycles. The Balaban J connectivity index is 1.75. The lowest BCUT2D eigenvalue weighted by Gasteiger charge is -2.08. The highest BCUT2D eigenvalue weighted by Crippen LogP contribution is 2.22. The third-order valence-electron chi connectivity index (χ3n) is 3.85. The predicted molar refractivity (Wildman–Crippen MR) is 109 cm³/mol. The van der Waals surface area contributed by atoms with Gasteiger partial charge in [0.05, 0.1) is 22.8 Å². The van der Waals surface area contributed by atoms with E-state index in [2.05, 4.69) is 10.5 Å². The number of phenols is 1. The number of carbonyl (C=O) groups excluding carboxylic acids is 1. The molecule has 0 saturated heterocycles. The first kappa shape index (κ1) is 19.7. The summed E-state index contributed by atoms with van der Waals surface area (Å²) in [5, 5.41) is 14.0. The van der Waals surface area contributed by atoms with Gasteiger partial charge in [-0.3, -0.25) is 9.59 Å². The van der Waals surface area contributed by atoms with Crippen molar-refractivity contribution in [3.63, 3.8) is 0 Å². The van der Waals surface area contributed by atoms with E-state index in [-0.39, 0.29) is 17.9 Å². The lowest BCUT2D eigenvalue weighted by molar-refractivity contribution is 0.0953. The lowest BCUT2D eigenvalue weighted by Crippen LogP contribution is -2.30. The summed E-state index contributed by atoms with van der Waals surface area (Å²) in [6.45, 7) is 0.239.